The van der Waals surface area contributed by atoms with E-state index in [0.717, 1.165) is 30.6 Å². The van der Waals surface area contributed by atoms with Crippen LogP contribution in [0.1, 0.15) is 31.2 Å². The van der Waals surface area contributed by atoms with Crippen molar-refractivity contribution in [2.24, 2.45) is 5.73 Å². The normalized spacial score (nSPS) is 23.4. The van der Waals surface area contributed by atoms with E-state index in [-0.39, 0.29) is 12.1 Å². The van der Waals surface area contributed by atoms with Crippen molar-refractivity contribution < 1.29 is 4.74 Å². The van der Waals surface area contributed by atoms with Crippen LogP contribution in [-0.2, 0) is 0 Å². The Balaban J connectivity index is 2.16. The molecule has 3 nitrogen and oxygen atoms in total. The molecule has 18 heavy (non-hydrogen) atoms. The van der Waals surface area contributed by atoms with Gasteiger partial charge in [0.05, 0.1) is 0 Å². The van der Waals surface area contributed by atoms with Gasteiger partial charge >= 0.3 is 0 Å². The first-order chi connectivity index (χ1) is 8.74. The van der Waals surface area contributed by atoms with Crippen molar-refractivity contribution in [2.45, 2.75) is 42.7 Å². The minimum atomic E-state index is 0.151. The second kappa shape index (κ2) is 6.12. The highest BCUT2D eigenvalue weighted by Crippen LogP contribution is 2.30. The lowest BCUT2D eigenvalue weighted by atomic mass is 9.93. The number of hydrogen-bond donors (Lipinski definition) is 1. The average molecular weight is 262 g/mol. The van der Waals surface area contributed by atoms with Crippen molar-refractivity contribution in [2.75, 3.05) is 6.26 Å². The summed E-state index contributed by atoms with van der Waals surface area (Å²) < 4.78 is 5.97. The predicted octanol–water partition coefficient (Wildman–Crippen LogP) is 2.93. The van der Waals surface area contributed by atoms with E-state index in [4.69, 9.17) is 10.5 Å². The molecule has 0 aliphatic heterocycles. The summed E-state index contributed by atoms with van der Waals surface area (Å²) in [5.74, 6) is 0.698. The van der Waals surface area contributed by atoms with Gasteiger partial charge in [-0.2, -0.15) is 5.26 Å². The lowest BCUT2D eigenvalue weighted by Crippen LogP contribution is -2.33. The van der Waals surface area contributed by atoms with E-state index in [9.17, 15) is 5.26 Å². The molecule has 0 heterocycles. The zero-order valence-electron chi connectivity index (χ0n) is 10.6. The molecular formula is C14H18N2OS. The average Bonchev–Trinajstić information content (AvgIpc) is 2.38. The Morgan fingerprint density at radius 3 is 2.94 bits per heavy atom. The van der Waals surface area contributed by atoms with Gasteiger partial charge in [0.25, 0.3) is 0 Å². The van der Waals surface area contributed by atoms with Crippen LogP contribution >= 0.6 is 11.8 Å². The van der Waals surface area contributed by atoms with Gasteiger partial charge in [0.2, 0.25) is 0 Å². The zero-order chi connectivity index (χ0) is 13.0. The molecule has 1 fully saturated rings. The SMILES string of the molecule is CSc1cccc(OC2CCCC(N)C2)c1C#N. The van der Waals surface area contributed by atoms with Gasteiger partial charge in [-0.15, -0.1) is 11.8 Å². The summed E-state index contributed by atoms with van der Waals surface area (Å²) in [5.41, 5.74) is 6.60. The highest BCUT2D eigenvalue weighted by atomic mass is 32.2. The lowest BCUT2D eigenvalue weighted by Gasteiger charge is -2.27. The molecule has 0 aromatic heterocycles. The molecule has 0 amide bonds. The second-order valence-electron chi connectivity index (χ2n) is 4.61. The molecule has 0 saturated heterocycles. The minimum Gasteiger partial charge on any atom is -0.489 e. The highest BCUT2D eigenvalue weighted by Gasteiger charge is 2.22. The quantitative estimate of drug-likeness (QED) is 0.851. The van der Waals surface area contributed by atoms with Gasteiger partial charge in [0.1, 0.15) is 23.5 Å². The first-order valence-electron chi connectivity index (χ1n) is 6.24. The van der Waals surface area contributed by atoms with E-state index in [2.05, 4.69) is 6.07 Å². The number of nitrogens with two attached hydrogens (primary N) is 1. The monoisotopic (exact) mass is 262 g/mol. The fraction of sp³-hybridized carbons (Fsp3) is 0.500. The Morgan fingerprint density at radius 1 is 1.44 bits per heavy atom. The summed E-state index contributed by atoms with van der Waals surface area (Å²) in [6.45, 7) is 0. The van der Waals surface area contributed by atoms with E-state index in [1.54, 1.807) is 11.8 Å². The topological polar surface area (TPSA) is 59.0 Å². The van der Waals surface area contributed by atoms with Crippen molar-refractivity contribution in [3.8, 4) is 11.8 Å². The first kappa shape index (κ1) is 13.3. The van der Waals surface area contributed by atoms with E-state index in [0.29, 0.717) is 11.3 Å². The van der Waals surface area contributed by atoms with E-state index in [1.165, 1.54) is 0 Å². The van der Waals surface area contributed by atoms with Gasteiger partial charge in [-0.1, -0.05) is 6.07 Å². The second-order valence-corrected chi connectivity index (χ2v) is 5.46. The summed E-state index contributed by atoms with van der Waals surface area (Å²) in [5, 5.41) is 9.24. The molecule has 0 spiro atoms. The summed E-state index contributed by atoms with van der Waals surface area (Å²) in [6.07, 6.45) is 6.22. The maximum Gasteiger partial charge on any atom is 0.138 e. The molecular weight excluding hydrogens is 244 g/mol. The van der Waals surface area contributed by atoms with Gasteiger partial charge in [0.15, 0.2) is 0 Å². The number of rotatable bonds is 3. The van der Waals surface area contributed by atoms with Gasteiger partial charge in [0, 0.05) is 10.9 Å². The Kier molecular flexibility index (Phi) is 4.51. The molecule has 1 aliphatic carbocycles. The molecule has 2 N–H and O–H groups in total. The van der Waals surface area contributed by atoms with Crippen LogP contribution in [0.3, 0.4) is 0 Å². The fourth-order valence-corrected chi connectivity index (χ4v) is 2.92. The first-order valence-corrected chi connectivity index (χ1v) is 7.46. The molecule has 1 aliphatic rings. The summed E-state index contributed by atoms with van der Waals surface area (Å²) in [4.78, 5) is 0.968. The van der Waals surface area contributed by atoms with Crippen molar-refractivity contribution in [1.29, 1.82) is 5.26 Å². The summed E-state index contributed by atoms with van der Waals surface area (Å²) in [6, 6.07) is 8.23. The third kappa shape index (κ3) is 2.98. The van der Waals surface area contributed by atoms with Crippen molar-refractivity contribution in [3.05, 3.63) is 23.8 Å². The zero-order valence-corrected chi connectivity index (χ0v) is 11.4. The Bertz CT molecular complexity index is 456. The van der Waals surface area contributed by atoms with Crippen molar-refractivity contribution in [1.82, 2.24) is 0 Å². The fourth-order valence-electron chi connectivity index (χ4n) is 2.36. The molecule has 0 bridgehead atoms. The third-order valence-corrected chi connectivity index (χ3v) is 4.06. The summed E-state index contributed by atoms with van der Waals surface area (Å²) >= 11 is 1.57. The third-order valence-electron chi connectivity index (χ3n) is 3.28. The lowest BCUT2D eigenvalue weighted by molar-refractivity contribution is 0.144. The number of nitrogens with zero attached hydrogens (tertiary/aromatic N) is 1. The van der Waals surface area contributed by atoms with Gasteiger partial charge in [-0.25, -0.2) is 0 Å². The number of hydrogen-bond acceptors (Lipinski definition) is 4. The van der Waals surface area contributed by atoms with Crippen LogP contribution in [0.2, 0.25) is 0 Å². The van der Waals surface area contributed by atoms with E-state index in [1.807, 2.05) is 24.5 Å². The molecule has 2 atom stereocenters. The van der Waals surface area contributed by atoms with Gasteiger partial charge in [-0.3, -0.25) is 0 Å². The molecule has 1 aromatic rings. The van der Waals surface area contributed by atoms with E-state index >= 15 is 0 Å². The standard InChI is InChI=1S/C14H18N2OS/c1-18-14-7-3-6-13(12(14)9-15)17-11-5-2-4-10(16)8-11/h3,6-7,10-11H,2,4-5,8,16H2,1H3. The van der Waals surface area contributed by atoms with Crippen LogP contribution in [0.25, 0.3) is 0 Å². The van der Waals surface area contributed by atoms with Gasteiger partial charge in [-0.05, 0) is 44.1 Å². The van der Waals surface area contributed by atoms with Crippen molar-refractivity contribution in [3.63, 3.8) is 0 Å². The largest absolute Gasteiger partial charge is 0.489 e. The molecule has 2 unspecified atom stereocenters. The maximum atomic E-state index is 9.24. The molecule has 96 valence electrons. The molecule has 2 rings (SSSR count). The smallest absolute Gasteiger partial charge is 0.138 e. The number of ether oxygens (including phenoxy) is 1. The van der Waals surface area contributed by atoms with Crippen LogP contribution in [-0.4, -0.2) is 18.4 Å². The minimum absolute atomic E-state index is 0.151. The Labute approximate surface area is 112 Å². The number of nitriles is 1. The molecule has 0 radical (unpaired) electrons. The van der Waals surface area contributed by atoms with Crippen LogP contribution in [0.15, 0.2) is 23.1 Å². The summed E-state index contributed by atoms with van der Waals surface area (Å²) in [7, 11) is 0. The number of thioether (sulfide) groups is 1. The van der Waals surface area contributed by atoms with Crippen LogP contribution in [0, 0.1) is 11.3 Å². The van der Waals surface area contributed by atoms with Crippen LogP contribution in [0.5, 0.6) is 5.75 Å². The molecule has 1 aromatic carbocycles. The van der Waals surface area contributed by atoms with Crippen LogP contribution < -0.4 is 10.5 Å². The Morgan fingerprint density at radius 2 is 2.28 bits per heavy atom. The van der Waals surface area contributed by atoms with Crippen molar-refractivity contribution >= 4 is 11.8 Å². The predicted molar refractivity (Wildman–Crippen MR) is 73.8 cm³/mol. The van der Waals surface area contributed by atoms with Gasteiger partial charge < -0.3 is 10.5 Å². The molecule has 1 saturated carbocycles. The number of benzene rings is 1. The Hall–Kier alpha value is -1.18. The molecule has 4 heteroatoms. The van der Waals surface area contributed by atoms with E-state index < -0.39 is 0 Å². The highest BCUT2D eigenvalue weighted by molar-refractivity contribution is 7.98. The van der Waals surface area contributed by atoms with Crippen LogP contribution in [0.4, 0.5) is 0 Å². The maximum absolute atomic E-state index is 9.24.